The second kappa shape index (κ2) is 7.57. The fourth-order valence-corrected chi connectivity index (χ4v) is 2.83. The van der Waals surface area contributed by atoms with E-state index in [2.05, 4.69) is 10.1 Å². The third-order valence-electron chi connectivity index (χ3n) is 3.18. The number of nitrogens with one attached hydrogen (secondary N) is 1. The van der Waals surface area contributed by atoms with E-state index < -0.39 is 40.5 Å². The van der Waals surface area contributed by atoms with Gasteiger partial charge in [0.2, 0.25) is 5.91 Å². The summed E-state index contributed by atoms with van der Waals surface area (Å²) in [6.07, 6.45) is 0.976. The Bertz CT molecular complexity index is 962. The summed E-state index contributed by atoms with van der Waals surface area (Å²) in [5, 5.41) is 15.1. The molecule has 0 fully saturated rings. The van der Waals surface area contributed by atoms with E-state index in [0.29, 0.717) is 4.57 Å². The Morgan fingerprint density at radius 3 is 2.69 bits per heavy atom. The summed E-state index contributed by atoms with van der Waals surface area (Å²) in [4.78, 5) is 57.1. The molecule has 0 aromatic carbocycles. The summed E-state index contributed by atoms with van der Waals surface area (Å²) in [6.45, 7) is -0.624. The van der Waals surface area contributed by atoms with Crippen LogP contribution in [0.3, 0.4) is 0 Å². The standard InChI is InChI=1S/C14H12N4O7S/c1-25-14(22)7-4-9(18(23)24)13(21)17(5-7)6-10(19)16-12-8(11(15)20)2-3-26-12/h2-5H,6H2,1H3,(H2,15,20)(H,16,19). The van der Waals surface area contributed by atoms with Crippen LogP contribution < -0.4 is 16.6 Å². The van der Waals surface area contributed by atoms with Crippen LogP contribution in [0.1, 0.15) is 20.7 Å². The van der Waals surface area contributed by atoms with Crippen molar-refractivity contribution in [3.8, 4) is 0 Å². The third kappa shape index (κ3) is 3.92. The van der Waals surface area contributed by atoms with Crippen molar-refractivity contribution in [2.45, 2.75) is 6.54 Å². The zero-order chi connectivity index (χ0) is 19.4. The SMILES string of the molecule is COC(=O)c1cc([N+](=O)[O-])c(=O)n(CC(=O)Nc2sccc2C(N)=O)c1. The molecule has 2 amide bonds. The molecule has 0 spiro atoms. The number of nitrogens with two attached hydrogens (primary N) is 1. The van der Waals surface area contributed by atoms with Gasteiger partial charge in [-0.1, -0.05) is 0 Å². The average Bonchev–Trinajstić information content (AvgIpc) is 3.03. The number of esters is 1. The highest BCUT2D eigenvalue weighted by atomic mass is 32.1. The monoisotopic (exact) mass is 380 g/mol. The summed E-state index contributed by atoms with van der Waals surface area (Å²) in [6, 6.07) is 2.19. The molecule has 136 valence electrons. The molecular formula is C14H12N4O7S. The van der Waals surface area contributed by atoms with Gasteiger partial charge in [-0.2, -0.15) is 0 Å². The van der Waals surface area contributed by atoms with Gasteiger partial charge in [-0.3, -0.25) is 29.1 Å². The van der Waals surface area contributed by atoms with Gasteiger partial charge in [-0.05, 0) is 11.4 Å². The number of nitrogens with zero attached hydrogens (tertiary/aromatic N) is 2. The number of anilines is 1. The largest absolute Gasteiger partial charge is 0.465 e. The van der Waals surface area contributed by atoms with E-state index >= 15 is 0 Å². The predicted molar refractivity (Wildman–Crippen MR) is 90.2 cm³/mol. The molecule has 0 unspecified atom stereocenters. The van der Waals surface area contributed by atoms with Crippen molar-refractivity contribution in [3.63, 3.8) is 0 Å². The van der Waals surface area contributed by atoms with E-state index in [9.17, 15) is 29.3 Å². The van der Waals surface area contributed by atoms with Crippen LogP contribution in [0, 0.1) is 10.1 Å². The molecule has 11 nitrogen and oxygen atoms in total. The quantitative estimate of drug-likeness (QED) is 0.414. The highest BCUT2D eigenvalue weighted by Crippen LogP contribution is 2.22. The number of aromatic nitrogens is 1. The van der Waals surface area contributed by atoms with Crippen LogP contribution in [0.2, 0.25) is 0 Å². The minimum absolute atomic E-state index is 0.0880. The molecule has 0 saturated heterocycles. The first kappa shape index (κ1) is 18.8. The van der Waals surface area contributed by atoms with E-state index in [-0.39, 0.29) is 16.1 Å². The molecule has 2 rings (SSSR count). The lowest BCUT2D eigenvalue weighted by Gasteiger charge is -2.08. The number of pyridine rings is 1. The highest BCUT2D eigenvalue weighted by molar-refractivity contribution is 7.14. The number of nitro groups is 1. The number of carbonyl (C=O) groups is 3. The zero-order valence-corrected chi connectivity index (χ0v) is 14.1. The number of hydrogen-bond acceptors (Lipinski definition) is 8. The molecule has 2 heterocycles. The third-order valence-corrected chi connectivity index (χ3v) is 4.01. The van der Waals surface area contributed by atoms with Crippen LogP contribution in [0.25, 0.3) is 0 Å². The normalized spacial score (nSPS) is 10.2. The molecule has 0 bridgehead atoms. The Labute approximate surface area is 149 Å². The van der Waals surface area contributed by atoms with Crippen LogP contribution in [0.4, 0.5) is 10.7 Å². The Hall–Kier alpha value is -3.54. The molecule has 2 aromatic heterocycles. The Morgan fingerprint density at radius 1 is 1.42 bits per heavy atom. The van der Waals surface area contributed by atoms with Crippen LogP contribution in [-0.2, 0) is 16.1 Å². The van der Waals surface area contributed by atoms with Gasteiger partial charge in [-0.25, -0.2) is 4.79 Å². The van der Waals surface area contributed by atoms with Crippen molar-refractivity contribution < 1.29 is 24.0 Å². The fourth-order valence-electron chi connectivity index (χ4n) is 2.02. The first-order chi connectivity index (χ1) is 12.2. The Morgan fingerprint density at radius 2 is 2.12 bits per heavy atom. The van der Waals surface area contributed by atoms with E-state index in [1.807, 2.05) is 0 Å². The molecule has 0 atom stereocenters. The van der Waals surface area contributed by atoms with E-state index in [1.54, 1.807) is 0 Å². The lowest BCUT2D eigenvalue weighted by molar-refractivity contribution is -0.386. The van der Waals surface area contributed by atoms with Gasteiger partial charge in [0.1, 0.15) is 11.5 Å². The van der Waals surface area contributed by atoms with Gasteiger partial charge in [0, 0.05) is 12.3 Å². The molecule has 0 saturated carbocycles. The number of carbonyl (C=O) groups excluding carboxylic acids is 3. The van der Waals surface area contributed by atoms with Gasteiger partial charge < -0.3 is 15.8 Å². The van der Waals surface area contributed by atoms with Crippen molar-refractivity contribution in [2.24, 2.45) is 5.73 Å². The molecule has 0 aliphatic heterocycles. The van der Waals surface area contributed by atoms with Crippen LogP contribution in [0.15, 0.2) is 28.5 Å². The van der Waals surface area contributed by atoms with Gasteiger partial charge >= 0.3 is 17.2 Å². The maximum absolute atomic E-state index is 12.1. The lowest BCUT2D eigenvalue weighted by atomic mass is 10.2. The first-order valence-electron chi connectivity index (χ1n) is 6.89. The molecular weight excluding hydrogens is 368 g/mol. The number of thiophene rings is 1. The smallest absolute Gasteiger partial charge is 0.339 e. The van der Waals surface area contributed by atoms with Gasteiger partial charge in [0.25, 0.3) is 5.91 Å². The topological polar surface area (TPSA) is 164 Å². The fraction of sp³-hybridized carbons (Fsp3) is 0.143. The van der Waals surface area contributed by atoms with Crippen molar-refractivity contribution >= 4 is 39.8 Å². The van der Waals surface area contributed by atoms with Crippen LogP contribution in [0.5, 0.6) is 0 Å². The predicted octanol–water partition coefficient (Wildman–Crippen LogP) is 0.342. The van der Waals surface area contributed by atoms with Crippen molar-refractivity contribution in [3.05, 3.63) is 55.3 Å². The van der Waals surface area contributed by atoms with E-state index in [1.165, 1.54) is 11.4 Å². The zero-order valence-electron chi connectivity index (χ0n) is 13.3. The van der Waals surface area contributed by atoms with Crippen LogP contribution in [-0.4, -0.2) is 34.4 Å². The number of amides is 2. The summed E-state index contributed by atoms with van der Waals surface area (Å²) in [5.74, 6) is -2.40. The molecule has 0 aliphatic carbocycles. The van der Waals surface area contributed by atoms with Crippen molar-refractivity contribution in [2.75, 3.05) is 12.4 Å². The van der Waals surface area contributed by atoms with Gasteiger partial charge in [0.05, 0.1) is 23.2 Å². The number of methoxy groups -OCH3 is 1. The molecule has 0 radical (unpaired) electrons. The minimum Gasteiger partial charge on any atom is -0.465 e. The lowest BCUT2D eigenvalue weighted by Crippen LogP contribution is -2.30. The maximum atomic E-state index is 12.1. The summed E-state index contributed by atoms with van der Waals surface area (Å²) < 4.78 is 5.18. The van der Waals surface area contributed by atoms with E-state index in [4.69, 9.17) is 5.73 Å². The maximum Gasteiger partial charge on any atom is 0.339 e. The first-order valence-corrected chi connectivity index (χ1v) is 7.77. The van der Waals surface area contributed by atoms with E-state index in [0.717, 1.165) is 30.7 Å². The number of primary amides is 1. The molecule has 12 heteroatoms. The summed E-state index contributed by atoms with van der Waals surface area (Å²) in [7, 11) is 1.07. The number of rotatable bonds is 6. The summed E-state index contributed by atoms with van der Waals surface area (Å²) >= 11 is 1.04. The minimum atomic E-state index is -1.07. The highest BCUT2D eigenvalue weighted by Gasteiger charge is 2.22. The summed E-state index contributed by atoms with van der Waals surface area (Å²) in [5.41, 5.74) is 3.04. The van der Waals surface area contributed by atoms with Crippen molar-refractivity contribution in [1.29, 1.82) is 0 Å². The second-order valence-electron chi connectivity index (χ2n) is 4.87. The number of ether oxygens (including phenoxy) is 1. The Balaban J connectivity index is 2.34. The Kier molecular flexibility index (Phi) is 5.47. The average molecular weight is 380 g/mol. The second-order valence-corrected chi connectivity index (χ2v) is 5.79. The van der Waals surface area contributed by atoms with Gasteiger partial charge in [0.15, 0.2) is 0 Å². The molecule has 2 aromatic rings. The van der Waals surface area contributed by atoms with Gasteiger partial charge in [-0.15, -0.1) is 11.3 Å². The van der Waals surface area contributed by atoms with Crippen molar-refractivity contribution in [1.82, 2.24) is 4.57 Å². The number of hydrogen-bond donors (Lipinski definition) is 2. The van der Waals surface area contributed by atoms with Crippen LogP contribution >= 0.6 is 11.3 Å². The molecule has 0 aliphatic rings. The molecule has 26 heavy (non-hydrogen) atoms. The molecule has 3 N–H and O–H groups in total.